The van der Waals surface area contributed by atoms with Gasteiger partial charge in [0, 0.05) is 0 Å². The molecule has 0 aliphatic rings. The zero-order chi connectivity index (χ0) is 26.9. The molecule has 0 aliphatic heterocycles. The second-order valence-corrected chi connectivity index (χ2v) is 9.32. The van der Waals surface area contributed by atoms with Crippen LogP contribution >= 0.6 is 0 Å². The van der Waals surface area contributed by atoms with Crippen molar-refractivity contribution >= 4 is 22.8 Å². The molecule has 0 radical (unpaired) electrons. The number of rotatable bonds is 12. The first kappa shape index (κ1) is 33.1. The van der Waals surface area contributed by atoms with Crippen LogP contribution in [0.4, 0.5) is 11.4 Å². The Morgan fingerprint density at radius 2 is 1.26 bits per heavy atom. The molecule has 3 rings (SSSR count). The maximum atomic E-state index is 11.5. The zero-order valence-corrected chi connectivity index (χ0v) is 24.3. The van der Waals surface area contributed by atoms with Crippen molar-refractivity contribution in [3.05, 3.63) is 83.9 Å². The van der Waals surface area contributed by atoms with Crippen LogP contribution in [-0.2, 0) is 29.3 Å². The minimum atomic E-state index is -0.336. The Balaban J connectivity index is 0.000000384. The molecule has 0 atom stereocenters. The van der Waals surface area contributed by atoms with E-state index in [1.165, 1.54) is 18.9 Å². The first-order valence-electron chi connectivity index (χ1n) is 13.7. The van der Waals surface area contributed by atoms with Gasteiger partial charge in [0.2, 0.25) is 0 Å². The summed E-state index contributed by atoms with van der Waals surface area (Å²) in [5.41, 5.74) is 5.77. The molecule has 0 heterocycles. The second kappa shape index (κ2) is 19.2. The van der Waals surface area contributed by atoms with E-state index in [-0.39, 0.29) is 28.0 Å². The number of hydrogen-bond acceptors (Lipinski definition) is 4. The molecule has 206 valence electrons. The number of benzene rings is 3. The third-order valence-corrected chi connectivity index (χ3v) is 6.04. The third kappa shape index (κ3) is 12.1. The van der Waals surface area contributed by atoms with E-state index in [9.17, 15) is 10.2 Å². The minimum Gasteiger partial charge on any atom is -0.873 e. The van der Waals surface area contributed by atoms with Crippen LogP contribution in [0.25, 0.3) is 0 Å². The molecule has 0 aromatic heterocycles. The van der Waals surface area contributed by atoms with Crippen molar-refractivity contribution in [2.45, 2.75) is 85.5 Å². The fraction of sp³-hybridized carbons (Fsp3) is 0.394. The van der Waals surface area contributed by atoms with Gasteiger partial charge in [-0.05, 0) is 68.9 Å². The van der Waals surface area contributed by atoms with Gasteiger partial charge in [-0.2, -0.15) is 0 Å². The number of para-hydroxylation sites is 2. The predicted molar refractivity (Wildman–Crippen MR) is 155 cm³/mol. The minimum absolute atomic E-state index is 0. The van der Waals surface area contributed by atoms with Crippen molar-refractivity contribution in [3.63, 3.8) is 0 Å². The van der Waals surface area contributed by atoms with E-state index in [1.54, 1.807) is 0 Å². The van der Waals surface area contributed by atoms with E-state index in [0.29, 0.717) is 5.56 Å². The summed E-state index contributed by atoms with van der Waals surface area (Å²) in [6.45, 7) is 8.42. The molecule has 4 nitrogen and oxygen atoms in total. The van der Waals surface area contributed by atoms with E-state index in [2.05, 4.69) is 13.8 Å². The molecular formula is C33H42N2NiO2. The number of hydrogen-bond donors (Lipinski definition) is 0. The molecule has 0 aliphatic carbocycles. The number of aliphatic imine (C=N–C) groups is 2. The van der Waals surface area contributed by atoms with Gasteiger partial charge in [0.25, 0.3) is 0 Å². The van der Waals surface area contributed by atoms with Crippen LogP contribution < -0.4 is 10.2 Å². The normalized spacial score (nSPS) is 11.4. The maximum absolute atomic E-state index is 11.5. The molecule has 0 unspecified atom stereocenters. The average Bonchev–Trinajstić information content (AvgIpc) is 2.91. The summed E-state index contributed by atoms with van der Waals surface area (Å²) < 4.78 is 0. The topological polar surface area (TPSA) is 70.8 Å². The van der Waals surface area contributed by atoms with Crippen molar-refractivity contribution in [1.29, 1.82) is 0 Å². The van der Waals surface area contributed by atoms with Crippen LogP contribution in [0.2, 0.25) is 0 Å². The van der Waals surface area contributed by atoms with E-state index >= 15 is 0 Å². The molecule has 0 fully saturated rings. The average molecular weight is 557 g/mol. The van der Waals surface area contributed by atoms with Gasteiger partial charge in [-0.3, -0.25) is 9.98 Å². The van der Waals surface area contributed by atoms with E-state index in [1.807, 2.05) is 80.6 Å². The Hall–Kier alpha value is -2.91. The fourth-order valence-electron chi connectivity index (χ4n) is 3.98. The molecule has 0 bridgehead atoms. The second-order valence-electron chi connectivity index (χ2n) is 9.32. The van der Waals surface area contributed by atoms with Crippen molar-refractivity contribution in [3.8, 4) is 11.5 Å². The zero-order valence-electron chi connectivity index (χ0n) is 23.3. The van der Waals surface area contributed by atoms with Crippen LogP contribution in [0, 0.1) is 0 Å². The van der Waals surface area contributed by atoms with Crippen LogP contribution in [0.5, 0.6) is 11.5 Å². The Morgan fingerprint density at radius 3 is 1.82 bits per heavy atom. The van der Waals surface area contributed by atoms with Gasteiger partial charge in [-0.1, -0.05) is 101 Å². The maximum Gasteiger partial charge on any atom is 2.00 e. The van der Waals surface area contributed by atoms with Gasteiger partial charge in [0.05, 0.1) is 22.8 Å². The summed E-state index contributed by atoms with van der Waals surface area (Å²) in [6.07, 6.45) is 9.25. The van der Waals surface area contributed by atoms with Gasteiger partial charge in [-0.25, -0.2) is 0 Å². The van der Waals surface area contributed by atoms with Crippen LogP contribution in [0.15, 0.2) is 82.8 Å². The Morgan fingerprint density at radius 1 is 0.684 bits per heavy atom. The Labute approximate surface area is 239 Å². The van der Waals surface area contributed by atoms with Crippen molar-refractivity contribution < 1.29 is 26.7 Å². The summed E-state index contributed by atoms with van der Waals surface area (Å²) in [7, 11) is 0. The standard InChI is InChI=1S/C19H22N2.C14H22O2.Ni/c1-3-4-15-19(21-18-13-9-6-10-14-18)16(2)20-17-11-7-5-8-12-17;1-3-5-6-8-11-9-12(7-4-2)14(16)13(15)10-11;/h5-14H,3-4,15H2,1-2H3;9-10,15-16H,3-8H2,1-2H3;/q;;+2/p-2. The molecule has 5 heteroatoms. The fourth-order valence-corrected chi connectivity index (χ4v) is 3.98. The van der Waals surface area contributed by atoms with Crippen LogP contribution in [-0.4, -0.2) is 11.4 Å². The van der Waals surface area contributed by atoms with Gasteiger partial charge in [-0.15, -0.1) is 11.5 Å². The molecule has 38 heavy (non-hydrogen) atoms. The SMILES string of the molecule is CCCCC(=Nc1ccccc1)C(C)=Nc1ccccc1.CCCCCc1cc([O-])c([O-])c(CCC)c1.[Ni+2]. The monoisotopic (exact) mass is 556 g/mol. The van der Waals surface area contributed by atoms with Gasteiger partial charge < -0.3 is 10.2 Å². The third-order valence-electron chi connectivity index (χ3n) is 6.04. The van der Waals surface area contributed by atoms with Gasteiger partial charge in [0.1, 0.15) is 0 Å². The molecule has 3 aromatic carbocycles. The number of unbranched alkanes of at least 4 members (excludes halogenated alkanes) is 3. The van der Waals surface area contributed by atoms with Crippen molar-refractivity contribution in [2.24, 2.45) is 9.98 Å². The predicted octanol–water partition coefficient (Wildman–Crippen LogP) is 8.26. The number of nitrogens with zero attached hydrogens (tertiary/aromatic N) is 2. The molecule has 0 amide bonds. The van der Waals surface area contributed by atoms with Crippen molar-refractivity contribution in [1.82, 2.24) is 0 Å². The van der Waals surface area contributed by atoms with E-state index in [4.69, 9.17) is 9.98 Å². The quantitative estimate of drug-likeness (QED) is 0.128. The van der Waals surface area contributed by atoms with Crippen molar-refractivity contribution in [2.75, 3.05) is 0 Å². The summed E-state index contributed by atoms with van der Waals surface area (Å²) in [4.78, 5) is 9.47. The van der Waals surface area contributed by atoms with Crippen LogP contribution in [0.3, 0.4) is 0 Å². The smallest absolute Gasteiger partial charge is 0.873 e. The molecule has 3 aromatic rings. The molecule has 0 N–H and O–H groups in total. The van der Waals surface area contributed by atoms with Gasteiger partial charge >= 0.3 is 16.5 Å². The summed E-state index contributed by atoms with van der Waals surface area (Å²) in [5, 5.41) is 23.0. The molecule has 0 spiro atoms. The molecule has 0 saturated heterocycles. The first-order chi connectivity index (χ1) is 18.0. The van der Waals surface area contributed by atoms with E-state index in [0.717, 1.165) is 73.3 Å². The summed E-state index contributed by atoms with van der Waals surface area (Å²) in [5.74, 6) is -0.640. The number of aryl methyl sites for hydroxylation is 2. The Bertz CT molecular complexity index is 1110. The molecular weight excluding hydrogens is 515 g/mol. The summed E-state index contributed by atoms with van der Waals surface area (Å²) in [6, 6.07) is 23.6. The Kier molecular flexibility index (Phi) is 16.7. The first-order valence-corrected chi connectivity index (χ1v) is 13.7. The molecule has 0 saturated carbocycles. The van der Waals surface area contributed by atoms with Crippen LogP contribution in [0.1, 0.15) is 83.8 Å². The van der Waals surface area contributed by atoms with E-state index < -0.39 is 0 Å². The van der Waals surface area contributed by atoms with Gasteiger partial charge in [0.15, 0.2) is 0 Å². The summed E-state index contributed by atoms with van der Waals surface area (Å²) >= 11 is 0. The largest absolute Gasteiger partial charge is 2.00 e.